The summed E-state index contributed by atoms with van der Waals surface area (Å²) in [5.41, 5.74) is 8.08. The van der Waals surface area contributed by atoms with Crippen molar-refractivity contribution in [3.05, 3.63) is 41.6 Å². The Bertz CT molecular complexity index is 616. The molecule has 0 saturated carbocycles. The van der Waals surface area contributed by atoms with E-state index in [1.165, 1.54) is 24.5 Å². The number of anilines is 1. The van der Waals surface area contributed by atoms with Crippen molar-refractivity contribution in [2.75, 3.05) is 5.73 Å². The van der Waals surface area contributed by atoms with Gasteiger partial charge >= 0.3 is 0 Å². The van der Waals surface area contributed by atoms with Crippen molar-refractivity contribution in [3.8, 4) is 11.6 Å². The highest BCUT2D eigenvalue weighted by molar-refractivity contribution is 5.54. The molecule has 19 heavy (non-hydrogen) atoms. The first-order valence-corrected chi connectivity index (χ1v) is 6.29. The lowest BCUT2D eigenvalue weighted by Crippen LogP contribution is -2.08. The van der Waals surface area contributed by atoms with E-state index >= 15 is 0 Å². The van der Waals surface area contributed by atoms with Gasteiger partial charge in [0.15, 0.2) is 5.75 Å². The average molecular weight is 259 g/mol. The van der Waals surface area contributed by atoms with Crippen LogP contribution in [0.4, 0.5) is 10.1 Å². The topological polar surface area (TPSA) is 61.0 Å². The molecule has 2 aromatic rings. The number of nitrogens with two attached hydrogens (primary N) is 1. The molecule has 2 N–H and O–H groups in total. The normalized spacial score (nSPS) is 13.9. The van der Waals surface area contributed by atoms with Crippen LogP contribution >= 0.6 is 0 Å². The molecular formula is C14H14FN3O. The lowest BCUT2D eigenvalue weighted by Gasteiger charge is -2.17. The number of ether oxygens (including phenoxy) is 1. The van der Waals surface area contributed by atoms with Gasteiger partial charge in [-0.2, -0.15) is 0 Å². The molecule has 4 nitrogen and oxygen atoms in total. The fourth-order valence-corrected chi connectivity index (χ4v) is 2.30. The van der Waals surface area contributed by atoms with E-state index in [-0.39, 0.29) is 11.5 Å². The highest BCUT2D eigenvalue weighted by Crippen LogP contribution is 2.32. The third-order valence-electron chi connectivity index (χ3n) is 3.26. The average Bonchev–Trinajstić information content (AvgIpc) is 2.42. The van der Waals surface area contributed by atoms with Crippen LogP contribution in [0.1, 0.15) is 24.1 Å². The van der Waals surface area contributed by atoms with Crippen molar-refractivity contribution in [2.24, 2.45) is 0 Å². The second kappa shape index (κ2) is 4.84. The van der Waals surface area contributed by atoms with Gasteiger partial charge in [-0.05, 0) is 37.8 Å². The molecular weight excluding hydrogens is 245 g/mol. The summed E-state index contributed by atoms with van der Waals surface area (Å²) in [5.74, 6) is 0.574. The maximum absolute atomic E-state index is 13.0. The Hall–Kier alpha value is -2.17. The Morgan fingerprint density at radius 1 is 1.16 bits per heavy atom. The standard InChI is InChI=1S/C14H14FN3O/c15-9-5-6-13(11(16)7-9)19-14-10-3-1-2-4-12(10)17-8-18-14/h5-8H,1-4,16H2. The molecule has 0 bridgehead atoms. The number of fused-ring (bicyclic) bond motifs is 1. The highest BCUT2D eigenvalue weighted by Gasteiger charge is 2.17. The molecule has 3 rings (SSSR count). The Kier molecular flexibility index (Phi) is 3.03. The smallest absolute Gasteiger partial charge is 0.225 e. The molecule has 1 aliphatic rings. The molecule has 98 valence electrons. The first-order valence-electron chi connectivity index (χ1n) is 6.29. The van der Waals surface area contributed by atoms with Crippen LogP contribution in [-0.4, -0.2) is 9.97 Å². The van der Waals surface area contributed by atoms with E-state index in [9.17, 15) is 4.39 Å². The molecule has 0 fully saturated rings. The van der Waals surface area contributed by atoms with Crippen molar-refractivity contribution in [1.82, 2.24) is 9.97 Å². The summed E-state index contributed by atoms with van der Waals surface area (Å²) in [6.45, 7) is 0. The summed E-state index contributed by atoms with van der Waals surface area (Å²) < 4.78 is 18.7. The number of aromatic nitrogens is 2. The number of halogens is 1. The van der Waals surface area contributed by atoms with Gasteiger partial charge in [-0.1, -0.05) is 0 Å². The molecule has 1 heterocycles. The van der Waals surface area contributed by atoms with Gasteiger partial charge in [-0.25, -0.2) is 14.4 Å². The fourth-order valence-electron chi connectivity index (χ4n) is 2.30. The van der Waals surface area contributed by atoms with Crippen LogP contribution in [-0.2, 0) is 12.8 Å². The first kappa shape index (κ1) is 11.9. The highest BCUT2D eigenvalue weighted by atomic mass is 19.1. The zero-order valence-corrected chi connectivity index (χ0v) is 10.4. The Morgan fingerprint density at radius 3 is 2.84 bits per heavy atom. The van der Waals surface area contributed by atoms with E-state index in [2.05, 4.69) is 9.97 Å². The molecule has 0 aliphatic heterocycles. The number of nitrogens with zero attached hydrogens (tertiary/aromatic N) is 2. The van der Waals surface area contributed by atoms with Gasteiger partial charge in [0, 0.05) is 11.6 Å². The van der Waals surface area contributed by atoms with E-state index in [1.54, 1.807) is 0 Å². The van der Waals surface area contributed by atoms with Gasteiger partial charge in [0.2, 0.25) is 5.88 Å². The quantitative estimate of drug-likeness (QED) is 0.842. The van der Waals surface area contributed by atoms with E-state index in [0.29, 0.717) is 11.6 Å². The molecule has 1 aromatic carbocycles. The molecule has 0 unspecified atom stereocenters. The molecule has 0 saturated heterocycles. The summed E-state index contributed by atoms with van der Waals surface area (Å²) in [6, 6.07) is 4.07. The Balaban J connectivity index is 1.95. The van der Waals surface area contributed by atoms with Gasteiger partial charge in [0.05, 0.1) is 11.4 Å². The van der Waals surface area contributed by atoms with Crippen LogP contribution in [0.2, 0.25) is 0 Å². The SMILES string of the molecule is Nc1cc(F)ccc1Oc1ncnc2c1CCCC2. The third kappa shape index (κ3) is 2.36. The second-order valence-electron chi connectivity index (χ2n) is 4.60. The summed E-state index contributed by atoms with van der Waals surface area (Å²) in [4.78, 5) is 8.44. The van der Waals surface area contributed by atoms with Gasteiger partial charge in [-0.15, -0.1) is 0 Å². The zero-order chi connectivity index (χ0) is 13.2. The van der Waals surface area contributed by atoms with E-state index in [4.69, 9.17) is 10.5 Å². The summed E-state index contributed by atoms with van der Waals surface area (Å²) in [7, 11) is 0. The van der Waals surface area contributed by atoms with Crippen molar-refractivity contribution < 1.29 is 9.13 Å². The monoisotopic (exact) mass is 259 g/mol. The molecule has 0 spiro atoms. The molecule has 0 amide bonds. The van der Waals surface area contributed by atoms with Crippen molar-refractivity contribution in [2.45, 2.75) is 25.7 Å². The van der Waals surface area contributed by atoms with Crippen LogP contribution in [0.25, 0.3) is 0 Å². The zero-order valence-electron chi connectivity index (χ0n) is 10.4. The van der Waals surface area contributed by atoms with Gasteiger partial charge in [0.1, 0.15) is 12.1 Å². The van der Waals surface area contributed by atoms with E-state index < -0.39 is 0 Å². The Morgan fingerprint density at radius 2 is 2.00 bits per heavy atom. The van der Waals surface area contributed by atoms with Crippen molar-refractivity contribution in [1.29, 1.82) is 0 Å². The number of hydrogen-bond donors (Lipinski definition) is 1. The maximum atomic E-state index is 13.0. The van der Waals surface area contributed by atoms with Crippen LogP contribution in [0.3, 0.4) is 0 Å². The minimum atomic E-state index is -0.380. The second-order valence-corrected chi connectivity index (χ2v) is 4.60. The number of hydrogen-bond acceptors (Lipinski definition) is 4. The first-order chi connectivity index (χ1) is 9.24. The number of benzene rings is 1. The predicted octanol–water partition coefficient (Wildman–Crippen LogP) is 2.87. The maximum Gasteiger partial charge on any atom is 0.225 e. The summed E-state index contributed by atoms with van der Waals surface area (Å²) in [5, 5.41) is 0. The van der Waals surface area contributed by atoms with Crippen molar-refractivity contribution in [3.63, 3.8) is 0 Å². The third-order valence-corrected chi connectivity index (χ3v) is 3.26. The number of aryl methyl sites for hydroxylation is 1. The van der Waals surface area contributed by atoms with Gasteiger partial charge < -0.3 is 10.5 Å². The lowest BCUT2D eigenvalue weighted by atomic mass is 9.97. The number of nitrogen functional groups attached to an aromatic ring is 1. The van der Waals surface area contributed by atoms with E-state index in [0.717, 1.165) is 36.9 Å². The fraction of sp³-hybridized carbons (Fsp3) is 0.286. The predicted molar refractivity (Wildman–Crippen MR) is 69.6 cm³/mol. The summed E-state index contributed by atoms with van der Waals surface area (Å²) in [6.07, 6.45) is 5.61. The van der Waals surface area contributed by atoms with Crippen LogP contribution in [0.5, 0.6) is 11.6 Å². The number of rotatable bonds is 2. The minimum Gasteiger partial charge on any atom is -0.436 e. The largest absolute Gasteiger partial charge is 0.436 e. The van der Waals surface area contributed by atoms with E-state index in [1.807, 2.05) is 0 Å². The van der Waals surface area contributed by atoms with Gasteiger partial charge in [-0.3, -0.25) is 0 Å². The van der Waals surface area contributed by atoms with Crippen LogP contribution in [0.15, 0.2) is 24.5 Å². The Labute approximate surface area is 110 Å². The molecule has 0 radical (unpaired) electrons. The van der Waals surface area contributed by atoms with Crippen molar-refractivity contribution >= 4 is 5.69 Å². The van der Waals surface area contributed by atoms with Crippen LogP contribution < -0.4 is 10.5 Å². The minimum absolute atomic E-state index is 0.267. The summed E-state index contributed by atoms with van der Waals surface area (Å²) >= 11 is 0. The molecule has 5 heteroatoms. The molecule has 1 aliphatic carbocycles. The lowest BCUT2D eigenvalue weighted by molar-refractivity contribution is 0.447. The van der Waals surface area contributed by atoms with Crippen LogP contribution in [0, 0.1) is 5.82 Å². The van der Waals surface area contributed by atoms with Gasteiger partial charge in [0.25, 0.3) is 0 Å². The molecule has 1 aromatic heterocycles. The molecule has 0 atom stereocenters.